The summed E-state index contributed by atoms with van der Waals surface area (Å²) in [7, 11) is 0. The van der Waals surface area contributed by atoms with Gasteiger partial charge in [-0.3, -0.25) is 0 Å². The summed E-state index contributed by atoms with van der Waals surface area (Å²) < 4.78 is 0. The summed E-state index contributed by atoms with van der Waals surface area (Å²) in [6.07, 6.45) is 11.0. The van der Waals surface area contributed by atoms with E-state index >= 15 is 0 Å². The molecule has 0 heterocycles. The second-order valence-corrected chi connectivity index (χ2v) is 6.31. The van der Waals surface area contributed by atoms with E-state index in [9.17, 15) is 0 Å². The third-order valence-electron chi connectivity index (χ3n) is 4.36. The first-order chi connectivity index (χ1) is 11.4. The summed E-state index contributed by atoms with van der Waals surface area (Å²) in [6, 6.07) is 19.2. The molecular formula is C22H31N. The molecule has 0 atom stereocenters. The predicted octanol–water partition coefficient (Wildman–Crippen LogP) is 6.91. The lowest BCUT2D eigenvalue weighted by molar-refractivity contribution is 0.581. The van der Waals surface area contributed by atoms with Gasteiger partial charge in [0.2, 0.25) is 0 Å². The molecule has 1 heteroatoms. The van der Waals surface area contributed by atoms with Crippen LogP contribution in [0, 0.1) is 0 Å². The molecule has 124 valence electrons. The van der Waals surface area contributed by atoms with Crippen molar-refractivity contribution in [1.82, 2.24) is 0 Å². The highest BCUT2D eigenvalue weighted by Gasteiger charge is 2.03. The van der Waals surface area contributed by atoms with Gasteiger partial charge in [-0.05, 0) is 18.1 Å². The molecule has 23 heavy (non-hydrogen) atoms. The van der Waals surface area contributed by atoms with Crippen LogP contribution in [0.4, 0.5) is 5.69 Å². The molecule has 0 unspecified atom stereocenters. The van der Waals surface area contributed by atoms with Crippen LogP contribution in [0.3, 0.4) is 0 Å². The zero-order valence-corrected chi connectivity index (χ0v) is 14.6. The van der Waals surface area contributed by atoms with Gasteiger partial charge in [0.25, 0.3) is 0 Å². The zero-order valence-electron chi connectivity index (χ0n) is 14.6. The molecule has 2 aromatic carbocycles. The number of para-hydroxylation sites is 1. The SMILES string of the molecule is CCCCCCCCCCNc1ccccc1-c1ccccc1. The summed E-state index contributed by atoms with van der Waals surface area (Å²) in [5, 5.41) is 3.62. The number of benzene rings is 2. The Labute approximate surface area is 142 Å². The average Bonchev–Trinajstić information content (AvgIpc) is 2.61. The first kappa shape index (κ1) is 17.6. The lowest BCUT2D eigenvalue weighted by atomic mass is 10.0. The molecule has 0 spiro atoms. The quantitative estimate of drug-likeness (QED) is 0.445. The standard InChI is InChI=1S/C22H31N/c1-2-3-4-5-6-7-8-14-19-23-22-18-13-12-17-21(22)20-15-10-9-11-16-20/h9-13,15-18,23H,2-8,14,19H2,1H3. The van der Waals surface area contributed by atoms with Crippen molar-refractivity contribution in [2.75, 3.05) is 11.9 Å². The Bertz CT molecular complexity index is 533. The van der Waals surface area contributed by atoms with Gasteiger partial charge in [0.05, 0.1) is 0 Å². The normalized spacial score (nSPS) is 10.7. The van der Waals surface area contributed by atoms with Crippen molar-refractivity contribution in [2.24, 2.45) is 0 Å². The van der Waals surface area contributed by atoms with Crippen LogP contribution in [-0.4, -0.2) is 6.54 Å². The van der Waals surface area contributed by atoms with Crippen LogP contribution in [0.15, 0.2) is 54.6 Å². The lowest BCUT2D eigenvalue weighted by Gasteiger charge is -2.12. The molecule has 0 radical (unpaired) electrons. The number of hydrogen-bond donors (Lipinski definition) is 1. The van der Waals surface area contributed by atoms with Crippen LogP contribution in [0.5, 0.6) is 0 Å². The lowest BCUT2D eigenvalue weighted by Crippen LogP contribution is -2.02. The maximum Gasteiger partial charge on any atom is 0.0419 e. The Morgan fingerprint density at radius 1 is 0.652 bits per heavy atom. The number of hydrogen-bond acceptors (Lipinski definition) is 1. The Hall–Kier alpha value is -1.76. The summed E-state index contributed by atoms with van der Waals surface area (Å²) in [5.41, 5.74) is 3.83. The highest BCUT2D eigenvalue weighted by Crippen LogP contribution is 2.27. The maximum atomic E-state index is 3.62. The first-order valence-electron chi connectivity index (χ1n) is 9.30. The van der Waals surface area contributed by atoms with E-state index in [0.29, 0.717) is 0 Å². The van der Waals surface area contributed by atoms with Crippen molar-refractivity contribution >= 4 is 5.69 Å². The predicted molar refractivity (Wildman–Crippen MR) is 103 cm³/mol. The van der Waals surface area contributed by atoms with Gasteiger partial charge in [-0.1, -0.05) is 100 Å². The average molecular weight is 309 g/mol. The van der Waals surface area contributed by atoms with Crippen molar-refractivity contribution in [2.45, 2.75) is 58.3 Å². The molecule has 0 bridgehead atoms. The van der Waals surface area contributed by atoms with Gasteiger partial charge in [-0.25, -0.2) is 0 Å². The van der Waals surface area contributed by atoms with Crippen molar-refractivity contribution in [3.63, 3.8) is 0 Å². The smallest absolute Gasteiger partial charge is 0.0419 e. The van der Waals surface area contributed by atoms with Crippen LogP contribution < -0.4 is 5.32 Å². The van der Waals surface area contributed by atoms with Crippen LogP contribution in [-0.2, 0) is 0 Å². The van der Waals surface area contributed by atoms with E-state index in [2.05, 4.69) is 66.8 Å². The first-order valence-corrected chi connectivity index (χ1v) is 9.30. The molecular weight excluding hydrogens is 278 g/mol. The summed E-state index contributed by atoms with van der Waals surface area (Å²) in [6.45, 7) is 3.35. The summed E-state index contributed by atoms with van der Waals surface area (Å²) in [4.78, 5) is 0. The Morgan fingerprint density at radius 2 is 1.26 bits per heavy atom. The molecule has 0 aliphatic carbocycles. The van der Waals surface area contributed by atoms with E-state index < -0.39 is 0 Å². The van der Waals surface area contributed by atoms with Crippen LogP contribution in [0.1, 0.15) is 58.3 Å². The fraction of sp³-hybridized carbons (Fsp3) is 0.455. The Kier molecular flexibility index (Phi) is 8.32. The second-order valence-electron chi connectivity index (χ2n) is 6.31. The number of rotatable bonds is 11. The van der Waals surface area contributed by atoms with Crippen LogP contribution >= 0.6 is 0 Å². The molecule has 1 nitrogen and oxygen atoms in total. The second kappa shape index (κ2) is 10.9. The molecule has 0 saturated heterocycles. The van der Waals surface area contributed by atoms with Gasteiger partial charge in [0.1, 0.15) is 0 Å². The molecule has 0 amide bonds. The van der Waals surface area contributed by atoms with E-state index in [1.54, 1.807) is 0 Å². The number of nitrogens with one attached hydrogen (secondary N) is 1. The van der Waals surface area contributed by atoms with Crippen LogP contribution in [0.25, 0.3) is 11.1 Å². The summed E-state index contributed by atoms with van der Waals surface area (Å²) >= 11 is 0. The minimum absolute atomic E-state index is 1.07. The maximum absolute atomic E-state index is 3.62. The third-order valence-corrected chi connectivity index (χ3v) is 4.36. The molecule has 0 saturated carbocycles. The zero-order chi connectivity index (χ0) is 16.2. The summed E-state index contributed by atoms with van der Waals surface area (Å²) in [5.74, 6) is 0. The molecule has 0 aliphatic heterocycles. The van der Waals surface area contributed by atoms with Gasteiger partial charge < -0.3 is 5.32 Å². The van der Waals surface area contributed by atoms with Crippen molar-refractivity contribution in [3.05, 3.63) is 54.6 Å². The fourth-order valence-corrected chi connectivity index (χ4v) is 2.99. The van der Waals surface area contributed by atoms with E-state index in [-0.39, 0.29) is 0 Å². The molecule has 0 aromatic heterocycles. The molecule has 2 aromatic rings. The van der Waals surface area contributed by atoms with Gasteiger partial charge >= 0.3 is 0 Å². The van der Waals surface area contributed by atoms with E-state index in [0.717, 1.165) is 6.54 Å². The molecule has 0 fully saturated rings. The minimum atomic E-state index is 1.07. The van der Waals surface area contributed by atoms with E-state index in [1.807, 2.05) is 0 Å². The van der Waals surface area contributed by atoms with E-state index in [1.165, 1.54) is 68.2 Å². The van der Waals surface area contributed by atoms with Gasteiger partial charge in [0, 0.05) is 17.8 Å². The van der Waals surface area contributed by atoms with Gasteiger partial charge in [-0.2, -0.15) is 0 Å². The minimum Gasteiger partial charge on any atom is -0.385 e. The van der Waals surface area contributed by atoms with Gasteiger partial charge in [0.15, 0.2) is 0 Å². The fourth-order valence-electron chi connectivity index (χ4n) is 2.99. The molecule has 1 N–H and O–H groups in total. The highest BCUT2D eigenvalue weighted by molar-refractivity contribution is 5.77. The number of unbranched alkanes of at least 4 members (excludes halogenated alkanes) is 7. The Morgan fingerprint density at radius 3 is 2.00 bits per heavy atom. The molecule has 0 aliphatic rings. The topological polar surface area (TPSA) is 12.0 Å². The third kappa shape index (κ3) is 6.48. The monoisotopic (exact) mass is 309 g/mol. The van der Waals surface area contributed by atoms with Crippen molar-refractivity contribution in [3.8, 4) is 11.1 Å². The van der Waals surface area contributed by atoms with E-state index in [4.69, 9.17) is 0 Å². The Balaban J connectivity index is 1.70. The largest absolute Gasteiger partial charge is 0.385 e. The van der Waals surface area contributed by atoms with Crippen molar-refractivity contribution < 1.29 is 0 Å². The van der Waals surface area contributed by atoms with Gasteiger partial charge in [-0.15, -0.1) is 0 Å². The number of anilines is 1. The van der Waals surface area contributed by atoms with Crippen molar-refractivity contribution in [1.29, 1.82) is 0 Å². The van der Waals surface area contributed by atoms with Crippen LogP contribution in [0.2, 0.25) is 0 Å². The highest BCUT2D eigenvalue weighted by atomic mass is 14.9. The molecule has 2 rings (SSSR count).